The van der Waals surface area contributed by atoms with Crippen LogP contribution in [0.3, 0.4) is 0 Å². The lowest BCUT2D eigenvalue weighted by molar-refractivity contribution is 0.0713. The molecular formula is C29H32N4O3. The van der Waals surface area contributed by atoms with Gasteiger partial charge in [0.2, 0.25) is 0 Å². The molecule has 2 amide bonds. The van der Waals surface area contributed by atoms with Crippen molar-refractivity contribution in [3.63, 3.8) is 0 Å². The van der Waals surface area contributed by atoms with Gasteiger partial charge in [0, 0.05) is 37.3 Å². The van der Waals surface area contributed by atoms with Crippen molar-refractivity contribution in [1.29, 1.82) is 0 Å². The Morgan fingerprint density at radius 3 is 2.33 bits per heavy atom. The van der Waals surface area contributed by atoms with Crippen LogP contribution in [0.1, 0.15) is 56.2 Å². The number of β-amino-alcohol motifs (C(OH)–C–C–N with tert-alkyl or cyclic N) is 1. The minimum absolute atomic E-state index is 0.0332. The molecule has 2 aliphatic rings. The molecule has 2 N–H and O–H groups in total. The molecule has 2 fully saturated rings. The molecule has 0 bridgehead atoms. The van der Waals surface area contributed by atoms with Crippen molar-refractivity contribution in [3.8, 4) is 0 Å². The number of aromatic nitrogens is 1. The van der Waals surface area contributed by atoms with E-state index >= 15 is 0 Å². The van der Waals surface area contributed by atoms with E-state index in [1.54, 1.807) is 24.4 Å². The summed E-state index contributed by atoms with van der Waals surface area (Å²) in [5.74, 6) is 0.941. The molecule has 186 valence electrons. The highest BCUT2D eigenvalue weighted by Gasteiger charge is 2.26. The molecule has 0 unspecified atom stereocenters. The first kappa shape index (κ1) is 24.0. The summed E-state index contributed by atoms with van der Waals surface area (Å²) in [5.41, 5.74) is 4.99. The van der Waals surface area contributed by atoms with Crippen molar-refractivity contribution < 1.29 is 14.7 Å². The Morgan fingerprint density at radius 2 is 1.69 bits per heavy atom. The average Bonchev–Trinajstić information content (AvgIpc) is 2.88. The third-order valence-corrected chi connectivity index (χ3v) is 7.25. The number of aliphatic hydroxyl groups is 1. The quantitative estimate of drug-likeness (QED) is 0.568. The predicted octanol–water partition coefficient (Wildman–Crippen LogP) is 4.15. The summed E-state index contributed by atoms with van der Waals surface area (Å²) in [6.45, 7) is 6.52. The van der Waals surface area contributed by atoms with Gasteiger partial charge in [-0.15, -0.1) is 0 Å². The van der Waals surface area contributed by atoms with E-state index in [1.807, 2.05) is 28.9 Å². The van der Waals surface area contributed by atoms with Crippen molar-refractivity contribution in [3.05, 3.63) is 88.6 Å². The number of carbonyl (C=O) groups excluding carboxylic acids is 2. The van der Waals surface area contributed by atoms with E-state index in [1.165, 1.54) is 11.1 Å². The number of aliphatic hydroxyl groups excluding tert-OH is 1. The number of carbonyl (C=O) groups is 2. The highest BCUT2D eigenvalue weighted by Crippen LogP contribution is 2.29. The molecule has 5 rings (SSSR count). The Kier molecular flexibility index (Phi) is 6.74. The number of nitrogens with one attached hydrogen (secondary N) is 1. The Balaban J connectivity index is 1.22. The number of amides is 2. The van der Waals surface area contributed by atoms with Gasteiger partial charge in [-0.05, 0) is 68.0 Å². The highest BCUT2D eigenvalue weighted by atomic mass is 16.3. The van der Waals surface area contributed by atoms with Crippen LogP contribution in [0.25, 0.3) is 0 Å². The molecule has 0 aliphatic carbocycles. The second-order valence-electron chi connectivity index (χ2n) is 9.92. The second kappa shape index (κ2) is 10.1. The predicted molar refractivity (Wildman–Crippen MR) is 141 cm³/mol. The SMILES string of the molecule is Cc1ccc(C2CCN(C(=O)c3ccc(C)c(C(=O)Nc4ccc(N5CC(O)C5)nc4)c3)CC2)cc1. The molecule has 1 aromatic heterocycles. The zero-order chi connectivity index (χ0) is 25.2. The monoisotopic (exact) mass is 484 g/mol. The number of aryl methyl sites for hydroxylation is 2. The first-order valence-corrected chi connectivity index (χ1v) is 12.5. The Labute approximate surface area is 211 Å². The standard InChI is InChI=1S/C29H32N4O3/c1-19-3-6-21(7-4-19)22-11-13-32(14-12-22)29(36)23-8-5-20(2)26(15-23)28(35)31-24-9-10-27(30-16-24)33-17-25(34)18-33/h3-10,15-16,22,25,34H,11-14,17-18H2,1-2H3,(H,31,35). The number of piperidine rings is 1. The minimum atomic E-state index is -0.302. The summed E-state index contributed by atoms with van der Waals surface area (Å²) >= 11 is 0. The van der Waals surface area contributed by atoms with Gasteiger partial charge in [0.25, 0.3) is 11.8 Å². The van der Waals surface area contributed by atoms with E-state index in [2.05, 4.69) is 41.5 Å². The van der Waals surface area contributed by atoms with Crippen molar-refractivity contribution >= 4 is 23.3 Å². The lowest BCUT2D eigenvalue weighted by atomic mass is 9.89. The third kappa shape index (κ3) is 5.11. The maximum absolute atomic E-state index is 13.3. The van der Waals surface area contributed by atoms with Gasteiger partial charge in [-0.1, -0.05) is 35.9 Å². The van der Waals surface area contributed by atoms with Crippen LogP contribution in [0, 0.1) is 13.8 Å². The molecule has 7 heteroatoms. The van der Waals surface area contributed by atoms with Gasteiger partial charge < -0.3 is 20.2 Å². The first-order valence-electron chi connectivity index (χ1n) is 12.5. The minimum Gasteiger partial charge on any atom is -0.389 e. The maximum Gasteiger partial charge on any atom is 0.255 e. The van der Waals surface area contributed by atoms with Gasteiger partial charge in [-0.25, -0.2) is 4.98 Å². The van der Waals surface area contributed by atoms with E-state index in [-0.39, 0.29) is 17.9 Å². The largest absolute Gasteiger partial charge is 0.389 e. The van der Waals surface area contributed by atoms with Crippen LogP contribution in [-0.4, -0.2) is 59.1 Å². The van der Waals surface area contributed by atoms with Gasteiger partial charge in [0.05, 0.1) is 18.0 Å². The van der Waals surface area contributed by atoms with E-state index in [0.29, 0.717) is 48.9 Å². The van der Waals surface area contributed by atoms with Gasteiger partial charge in [-0.3, -0.25) is 9.59 Å². The zero-order valence-corrected chi connectivity index (χ0v) is 20.8. The van der Waals surface area contributed by atoms with Crippen molar-refractivity contribution in [1.82, 2.24) is 9.88 Å². The lowest BCUT2D eigenvalue weighted by Gasteiger charge is -2.36. The molecule has 2 aliphatic heterocycles. The maximum atomic E-state index is 13.3. The summed E-state index contributed by atoms with van der Waals surface area (Å²) in [4.78, 5) is 34.5. The van der Waals surface area contributed by atoms with Crippen LogP contribution in [0.15, 0.2) is 60.8 Å². The van der Waals surface area contributed by atoms with Crippen LogP contribution in [0.5, 0.6) is 0 Å². The molecule has 3 heterocycles. The molecule has 7 nitrogen and oxygen atoms in total. The van der Waals surface area contributed by atoms with Gasteiger partial charge >= 0.3 is 0 Å². The molecule has 2 aromatic carbocycles. The van der Waals surface area contributed by atoms with Crippen LogP contribution in [-0.2, 0) is 0 Å². The van der Waals surface area contributed by atoms with E-state index in [9.17, 15) is 14.7 Å². The normalized spacial score (nSPS) is 16.5. The Hall–Kier alpha value is -3.71. The Bertz CT molecular complexity index is 1240. The fourth-order valence-electron chi connectivity index (χ4n) is 4.92. The van der Waals surface area contributed by atoms with E-state index < -0.39 is 0 Å². The summed E-state index contributed by atoms with van der Waals surface area (Å²) in [5, 5.41) is 12.4. The zero-order valence-electron chi connectivity index (χ0n) is 20.8. The number of rotatable bonds is 5. The third-order valence-electron chi connectivity index (χ3n) is 7.25. The number of anilines is 2. The molecule has 0 saturated carbocycles. The summed E-state index contributed by atoms with van der Waals surface area (Å²) in [6, 6.07) is 17.6. The summed E-state index contributed by atoms with van der Waals surface area (Å²) in [6.07, 6.45) is 3.19. The molecule has 0 radical (unpaired) electrons. The fourth-order valence-corrected chi connectivity index (χ4v) is 4.92. The molecular weight excluding hydrogens is 452 g/mol. The van der Waals surface area contributed by atoms with Crippen LogP contribution in [0.4, 0.5) is 11.5 Å². The second-order valence-corrected chi connectivity index (χ2v) is 9.92. The van der Waals surface area contributed by atoms with Gasteiger partial charge in [0.1, 0.15) is 5.82 Å². The van der Waals surface area contributed by atoms with E-state index in [4.69, 9.17) is 0 Å². The van der Waals surface area contributed by atoms with Gasteiger partial charge in [-0.2, -0.15) is 0 Å². The molecule has 0 atom stereocenters. The average molecular weight is 485 g/mol. The summed E-state index contributed by atoms with van der Waals surface area (Å²) < 4.78 is 0. The van der Waals surface area contributed by atoms with Crippen LogP contribution < -0.4 is 10.2 Å². The van der Waals surface area contributed by atoms with Crippen LogP contribution >= 0.6 is 0 Å². The highest BCUT2D eigenvalue weighted by molar-refractivity contribution is 6.07. The number of benzene rings is 2. The number of nitrogens with zero attached hydrogens (tertiary/aromatic N) is 3. The number of hydrogen-bond acceptors (Lipinski definition) is 5. The number of likely N-dealkylation sites (tertiary alicyclic amines) is 1. The molecule has 3 aromatic rings. The van der Waals surface area contributed by atoms with Crippen LogP contribution in [0.2, 0.25) is 0 Å². The number of hydrogen-bond donors (Lipinski definition) is 2. The topological polar surface area (TPSA) is 85.8 Å². The van der Waals surface area contributed by atoms with E-state index in [0.717, 1.165) is 24.2 Å². The molecule has 0 spiro atoms. The lowest BCUT2D eigenvalue weighted by Crippen LogP contribution is -2.51. The van der Waals surface area contributed by atoms with Crippen molar-refractivity contribution in [2.24, 2.45) is 0 Å². The Morgan fingerprint density at radius 1 is 0.972 bits per heavy atom. The van der Waals surface area contributed by atoms with Crippen molar-refractivity contribution in [2.75, 3.05) is 36.4 Å². The molecule has 36 heavy (non-hydrogen) atoms. The summed E-state index contributed by atoms with van der Waals surface area (Å²) in [7, 11) is 0. The van der Waals surface area contributed by atoms with Crippen molar-refractivity contribution in [2.45, 2.75) is 38.7 Å². The molecule has 2 saturated heterocycles. The first-order chi connectivity index (χ1) is 17.4. The smallest absolute Gasteiger partial charge is 0.255 e. The number of pyridine rings is 1. The van der Waals surface area contributed by atoms with Gasteiger partial charge in [0.15, 0.2) is 0 Å². The fraction of sp³-hybridized carbons (Fsp3) is 0.345.